The Kier molecular flexibility index (Phi) is 4.18. The second kappa shape index (κ2) is 6.89. The number of nitrogens with two attached hydrogens (primary N) is 2. The Hall–Kier alpha value is -3.84. The maximum atomic E-state index is 14.5. The maximum absolute atomic E-state index is 14.5. The Morgan fingerprint density at radius 2 is 1.87 bits per heavy atom. The van der Waals surface area contributed by atoms with Gasteiger partial charge in [-0.1, -0.05) is 12.1 Å². The molecule has 1 aliphatic rings. The predicted octanol–water partition coefficient (Wildman–Crippen LogP) is 3.95. The van der Waals surface area contributed by atoms with Gasteiger partial charge in [0.15, 0.2) is 5.65 Å². The summed E-state index contributed by atoms with van der Waals surface area (Å²) in [6.45, 7) is 0. The molecule has 0 bridgehead atoms. The van der Waals surface area contributed by atoms with Crippen molar-refractivity contribution in [1.82, 2.24) is 19.9 Å². The third-order valence-electron chi connectivity index (χ3n) is 5.36. The smallest absolute Gasteiger partial charge is 0.162 e. The average molecular weight is 398 g/mol. The van der Waals surface area contributed by atoms with Crippen LogP contribution in [0.25, 0.3) is 39.6 Å². The van der Waals surface area contributed by atoms with Crippen LogP contribution in [0.15, 0.2) is 60.9 Å². The lowest BCUT2D eigenvalue weighted by molar-refractivity contribution is 0.342. The highest BCUT2D eigenvalue weighted by atomic mass is 19.1. The number of anilines is 1. The Morgan fingerprint density at radius 1 is 1.03 bits per heavy atom. The molecule has 6 nitrogen and oxygen atoms in total. The number of fused-ring (bicyclic) bond motifs is 2. The fraction of sp³-hybridized carbons (Fsp3) is 0.0870. The van der Waals surface area contributed by atoms with Gasteiger partial charge in [0.1, 0.15) is 17.8 Å². The van der Waals surface area contributed by atoms with Crippen LogP contribution in [0.2, 0.25) is 0 Å². The largest absolute Gasteiger partial charge is 0.384 e. The monoisotopic (exact) mass is 398 g/mol. The van der Waals surface area contributed by atoms with Crippen molar-refractivity contribution in [3.05, 3.63) is 77.9 Å². The van der Waals surface area contributed by atoms with Crippen LogP contribution in [0.1, 0.15) is 17.3 Å². The van der Waals surface area contributed by atoms with Gasteiger partial charge in [0.2, 0.25) is 0 Å². The molecule has 3 aromatic heterocycles. The van der Waals surface area contributed by atoms with E-state index in [4.69, 9.17) is 11.5 Å². The Morgan fingerprint density at radius 3 is 2.70 bits per heavy atom. The number of hydrogen-bond acceptors (Lipinski definition) is 6. The van der Waals surface area contributed by atoms with Gasteiger partial charge in [-0.3, -0.25) is 4.98 Å². The van der Waals surface area contributed by atoms with Gasteiger partial charge in [-0.15, -0.1) is 0 Å². The zero-order valence-corrected chi connectivity index (χ0v) is 16.2. The van der Waals surface area contributed by atoms with Crippen LogP contribution in [0.5, 0.6) is 0 Å². The topological polar surface area (TPSA) is 94.0 Å². The zero-order chi connectivity index (χ0) is 20.8. The van der Waals surface area contributed by atoms with Crippen LogP contribution >= 0.6 is 0 Å². The van der Waals surface area contributed by atoms with Crippen molar-refractivity contribution in [2.24, 2.45) is 5.73 Å². The summed E-state index contributed by atoms with van der Waals surface area (Å²) in [7, 11) is 1.93. The Balaban J connectivity index is 1.83. The van der Waals surface area contributed by atoms with Gasteiger partial charge in [0, 0.05) is 41.5 Å². The number of rotatable bonds is 2. The van der Waals surface area contributed by atoms with E-state index in [1.807, 2.05) is 42.4 Å². The molecule has 1 atom stereocenters. The molecule has 0 aliphatic carbocycles. The summed E-state index contributed by atoms with van der Waals surface area (Å²) >= 11 is 0. The van der Waals surface area contributed by atoms with E-state index >= 15 is 0 Å². The quantitative estimate of drug-likeness (QED) is 0.531. The zero-order valence-electron chi connectivity index (χ0n) is 16.2. The van der Waals surface area contributed by atoms with Crippen LogP contribution in [0.4, 0.5) is 10.2 Å². The lowest BCUT2D eigenvalue weighted by atomic mass is 9.94. The van der Waals surface area contributed by atoms with E-state index in [-0.39, 0.29) is 12.0 Å². The second-order valence-electron chi connectivity index (χ2n) is 7.23. The molecule has 4 heterocycles. The fourth-order valence-electron chi connectivity index (χ4n) is 3.76. The normalized spacial score (nSPS) is 15.4. The van der Waals surface area contributed by atoms with Gasteiger partial charge in [-0.25, -0.2) is 14.4 Å². The summed E-state index contributed by atoms with van der Waals surface area (Å²) in [4.78, 5) is 15.5. The fourth-order valence-corrected chi connectivity index (χ4v) is 3.76. The minimum absolute atomic E-state index is 0.278. The van der Waals surface area contributed by atoms with Crippen molar-refractivity contribution < 1.29 is 4.39 Å². The second-order valence-corrected chi connectivity index (χ2v) is 7.23. The van der Waals surface area contributed by atoms with Crippen LogP contribution in [-0.4, -0.2) is 26.9 Å². The van der Waals surface area contributed by atoms with E-state index < -0.39 is 0 Å². The summed E-state index contributed by atoms with van der Waals surface area (Å²) in [5.74, 6) is -0.0102. The number of hydrogen-bond donors (Lipinski definition) is 2. The van der Waals surface area contributed by atoms with Crippen molar-refractivity contribution >= 4 is 22.9 Å². The highest BCUT2D eigenvalue weighted by molar-refractivity contribution is 5.97. The third kappa shape index (κ3) is 2.87. The molecule has 4 N–H and O–H groups in total. The van der Waals surface area contributed by atoms with Crippen molar-refractivity contribution in [3.8, 4) is 22.5 Å². The molecule has 0 spiro atoms. The van der Waals surface area contributed by atoms with E-state index in [0.29, 0.717) is 22.7 Å². The van der Waals surface area contributed by atoms with Crippen molar-refractivity contribution in [2.45, 2.75) is 6.17 Å². The molecule has 148 valence electrons. The van der Waals surface area contributed by atoms with Crippen molar-refractivity contribution in [2.75, 3.05) is 12.8 Å². The Labute approximate surface area is 172 Å². The standard InChI is InChI=1S/C23H19FN6/c1-30-11-9-13-14(22(30)26)8-10-27-21(13)17-12-19(16-4-2-3-5-18(16)24)28-23-15(17)6-7-20(25)29-23/h2-12,22H,26H2,1H3,(H2,25,28,29). The van der Waals surface area contributed by atoms with Gasteiger partial charge >= 0.3 is 0 Å². The molecule has 30 heavy (non-hydrogen) atoms. The van der Waals surface area contributed by atoms with Gasteiger partial charge in [0.25, 0.3) is 0 Å². The molecule has 4 aromatic rings. The highest BCUT2D eigenvalue weighted by Gasteiger charge is 2.22. The van der Waals surface area contributed by atoms with Crippen molar-refractivity contribution in [1.29, 1.82) is 0 Å². The van der Waals surface area contributed by atoms with Gasteiger partial charge in [0.05, 0.1) is 11.4 Å². The van der Waals surface area contributed by atoms with Gasteiger partial charge < -0.3 is 16.4 Å². The lowest BCUT2D eigenvalue weighted by Gasteiger charge is -2.29. The van der Waals surface area contributed by atoms with Crippen LogP contribution < -0.4 is 11.5 Å². The van der Waals surface area contributed by atoms with Gasteiger partial charge in [-0.2, -0.15) is 0 Å². The minimum Gasteiger partial charge on any atom is -0.384 e. The summed E-state index contributed by atoms with van der Waals surface area (Å²) in [5, 5.41) is 0.783. The number of halogens is 1. The van der Waals surface area contributed by atoms with Crippen molar-refractivity contribution in [3.63, 3.8) is 0 Å². The summed E-state index contributed by atoms with van der Waals surface area (Å²) < 4.78 is 14.5. The molecule has 5 rings (SSSR count). The van der Waals surface area contributed by atoms with Crippen LogP contribution in [0, 0.1) is 5.82 Å². The van der Waals surface area contributed by atoms with Crippen LogP contribution in [-0.2, 0) is 0 Å². The highest BCUT2D eigenvalue weighted by Crippen LogP contribution is 2.37. The molecule has 0 fully saturated rings. The van der Waals surface area contributed by atoms with E-state index in [1.54, 1.807) is 30.5 Å². The number of aromatic nitrogens is 3. The molecule has 1 unspecified atom stereocenters. The molecule has 1 aromatic carbocycles. The van der Waals surface area contributed by atoms with E-state index in [9.17, 15) is 4.39 Å². The third-order valence-corrected chi connectivity index (χ3v) is 5.36. The number of nitrogens with zero attached hydrogens (tertiary/aromatic N) is 4. The average Bonchev–Trinajstić information content (AvgIpc) is 2.75. The first kappa shape index (κ1) is 18.2. The first-order chi connectivity index (χ1) is 14.5. The maximum Gasteiger partial charge on any atom is 0.162 e. The summed E-state index contributed by atoms with van der Waals surface area (Å²) in [6, 6.07) is 13.9. The molecule has 0 radical (unpaired) electrons. The number of benzene rings is 1. The lowest BCUT2D eigenvalue weighted by Crippen LogP contribution is -2.29. The number of pyridine rings is 3. The number of nitrogen functional groups attached to an aromatic ring is 1. The molecule has 1 aliphatic heterocycles. The van der Waals surface area contributed by atoms with Crippen LogP contribution in [0.3, 0.4) is 0 Å². The summed E-state index contributed by atoms with van der Waals surface area (Å²) in [5.41, 5.74) is 17.0. The summed E-state index contributed by atoms with van der Waals surface area (Å²) in [6.07, 6.45) is 5.37. The molecule has 7 heteroatoms. The van der Waals surface area contributed by atoms with E-state index in [0.717, 1.165) is 27.8 Å². The van der Waals surface area contributed by atoms with E-state index in [2.05, 4.69) is 15.0 Å². The molecular formula is C23H19FN6. The van der Waals surface area contributed by atoms with E-state index in [1.165, 1.54) is 6.07 Å². The first-order valence-corrected chi connectivity index (χ1v) is 9.50. The molecule has 0 saturated heterocycles. The minimum atomic E-state index is -0.356. The molecule has 0 saturated carbocycles. The first-order valence-electron chi connectivity index (χ1n) is 9.50. The molecular weight excluding hydrogens is 379 g/mol. The molecule has 0 amide bonds. The van der Waals surface area contributed by atoms with Gasteiger partial charge in [-0.05, 0) is 48.0 Å². The SMILES string of the molecule is CN1C=Cc2c(ccnc2-c2cc(-c3ccccc3F)nc3nc(N)ccc23)C1N. The Bertz CT molecular complexity index is 1320. The predicted molar refractivity (Wildman–Crippen MR) is 116 cm³/mol.